The van der Waals surface area contributed by atoms with Crippen molar-refractivity contribution in [3.8, 4) is 23.5 Å². The van der Waals surface area contributed by atoms with Crippen molar-refractivity contribution in [1.29, 1.82) is 5.26 Å². The zero-order chi connectivity index (χ0) is 34.4. The van der Waals surface area contributed by atoms with Gasteiger partial charge in [-0.1, -0.05) is 41.4 Å². The molecule has 22 heteroatoms. The molecule has 0 aliphatic heterocycles. The van der Waals surface area contributed by atoms with Gasteiger partial charge in [0.2, 0.25) is 0 Å². The molecule has 11 nitrogen and oxygen atoms in total. The molecule has 0 radical (unpaired) electrons. The normalized spacial score (nSPS) is 12.6. The van der Waals surface area contributed by atoms with Crippen molar-refractivity contribution in [2.45, 2.75) is 30.4 Å². The van der Waals surface area contributed by atoms with Crippen LogP contribution in [-0.4, -0.2) is 47.5 Å². The van der Waals surface area contributed by atoms with Gasteiger partial charge in [0.15, 0.2) is 16.5 Å². The Morgan fingerprint density at radius 1 is 1.04 bits per heavy atom. The van der Waals surface area contributed by atoms with Gasteiger partial charge >= 0.3 is 24.4 Å². The van der Waals surface area contributed by atoms with Crippen molar-refractivity contribution in [3.05, 3.63) is 70.1 Å². The topological polar surface area (TPSA) is 143 Å². The van der Waals surface area contributed by atoms with Crippen LogP contribution in [0.4, 0.5) is 32.2 Å². The molecule has 0 spiro atoms. The lowest BCUT2D eigenvalue weighted by molar-refractivity contribution is -0.137. The Morgan fingerprint density at radius 2 is 1.61 bits per heavy atom. The van der Waals surface area contributed by atoms with E-state index in [2.05, 4.69) is 15.2 Å². The van der Waals surface area contributed by atoms with Gasteiger partial charge in [-0.2, -0.15) is 41.7 Å². The molecule has 2 N–H and O–H groups in total. The molecule has 0 aliphatic rings. The van der Waals surface area contributed by atoms with Crippen LogP contribution in [0.15, 0.2) is 53.7 Å². The molecule has 4 aromatic rings. The van der Waals surface area contributed by atoms with E-state index in [4.69, 9.17) is 59.6 Å². The summed E-state index contributed by atoms with van der Waals surface area (Å²) in [5, 5.41) is 15.3. The van der Waals surface area contributed by atoms with Crippen LogP contribution < -0.4 is 10.3 Å². The summed E-state index contributed by atoms with van der Waals surface area (Å²) in [5.74, 6) is -0.902. The SMILES string of the molecule is CCOP(=S)(OCC)Oc1ncn(-c2ccccc2)n1.N#Cc1nn(-c2c(Cl)cc(C(F)(F)F)cc2Cl)c(N)c1S(=O)C(F)(F)F. The minimum atomic E-state index is -5.25. The summed E-state index contributed by atoms with van der Waals surface area (Å²) in [6, 6.07) is 11.9. The van der Waals surface area contributed by atoms with Gasteiger partial charge in [0.25, 0.3) is 0 Å². The molecule has 1 unspecified atom stereocenters. The lowest BCUT2D eigenvalue weighted by Crippen LogP contribution is -2.18. The number of aromatic nitrogens is 5. The average molecular weight is 750 g/mol. The summed E-state index contributed by atoms with van der Waals surface area (Å²) < 4.78 is 106. The van der Waals surface area contributed by atoms with E-state index < -0.39 is 66.9 Å². The second kappa shape index (κ2) is 15.1. The maximum Gasteiger partial charge on any atom is 0.476 e. The fourth-order valence-electron chi connectivity index (χ4n) is 3.39. The highest BCUT2D eigenvalue weighted by atomic mass is 35.5. The third kappa shape index (κ3) is 8.97. The average Bonchev–Trinajstić information content (AvgIpc) is 3.56. The number of benzene rings is 2. The lowest BCUT2D eigenvalue weighted by atomic mass is 10.2. The van der Waals surface area contributed by atoms with E-state index >= 15 is 0 Å². The van der Waals surface area contributed by atoms with Crippen molar-refractivity contribution in [3.63, 3.8) is 0 Å². The second-order valence-electron chi connectivity index (χ2n) is 8.27. The van der Waals surface area contributed by atoms with Crippen molar-refractivity contribution < 1.29 is 44.1 Å². The van der Waals surface area contributed by atoms with Gasteiger partial charge in [0.1, 0.15) is 28.8 Å². The smallest absolute Gasteiger partial charge is 0.388 e. The Balaban J connectivity index is 0.000000259. The van der Waals surface area contributed by atoms with Crippen molar-refractivity contribution in [2.75, 3.05) is 18.9 Å². The number of nitrogens with two attached hydrogens (primary N) is 1. The summed E-state index contributed by atoms with van der Waals surface area (Å²) in [5.41, 5.74) is -1.54. The molecule has 0 saturated heterocycles. The van der Waals surface area contributed by atoms with Gasteiger partial charge in [0, 0.05) is 11.8 Å². The predicted molar refractivity (Wildman–Crippen MR) is 160 cm³/mol. The number of hydrogen-bond acceptors (Lipinski definition) is 10. The Morgan fingerprint density at radius 3 is 2.09 bits per heavy atom. The second-order valence-corrected chi connectivity index (χ2v) is 13.4. The number of hydrogen-bond donors (Lipinski definition) is 1. The van der Waals surface area contributed by atoms with Gasteiger partial charge in [-0.15, -0.1) is 5.10 Å². The maximum atomic E-state index is 12.7. The lowest BCUT2D eigenvalue weighted by Gasteiger charge is -2.18. The van der Waals surface area contributed by atoms with Crippen molar-refractivity contribution >= 4 is 58.3 Å². The van der Waals surface area contributed by atoms with Gasteiger partial charge in [0.05, 0.1) is 34.5 Å². The minimum Gasteiger partial charge on any atom is -0.388 e. The van der Waals surface area contributed by atoms with Crippen LogP contribution in [0, 0.1) is 11.3 Å². The first kappa shape index (κ1) is 37.2. The van der Waals surface area contributed by atoms with E-state index in [1.807, 2.05) is 44.2 Å². The van der Waals surface area contributed by atoms with Crippen molar-refractivity contribution in [1.82, 2.24) is 24.5 Å². The van der Waals surface area contributed by atoms with Gasteiger partial charge < -0.3 is 10.3 Å². The summed E-state index contributed by atoms with van der Waals surface area (Å²) in [4.78, 5) is 2.93. The number of nitrogens with zero attached hydrogens (tertiary/aromatic N) is 6. The van der Waals surface area contributed by atoms with Gasteiger partial charge in [-0.05, 0) is 38.1 Å². The highest BCUT2D eigenvalue weighted by Gasteiger charge is 2.43. The van der Waals surface area contributed by atoms with Crippen LogP contribution in [0.3, 0.4) is 0 Å². The first-order chi connectivity index (χ1) is 21.5. The van der Waals surface area contributed by atoms with E-state index in [1.165, 1.54) is 6.07 Å². The number of rotatable bonds is 9. The van der Waals surface area contributed by atoms with Crippen LogP contribution in [0.5, 0.6) is 6.01 Å². The molecular weight excluding hydrogens is 730 g/mol. The van der Waals surface area contributed by atoms with Crippen LogP contribution >= 0.6 is 29.9 Å². The fraction of sp³-hybridized carbons (Fsp3) is 0.250. The largest absolute Gasteiger partial charge is 0.476 e. The maximum absolute atomic E-state index is 12.7. The van der Waals surface area contributed by atoms with Crippen LogP contribution in [-0.2, 0) is 37.8 Å². The quantitative estimate of drug-likeness (QED) is 0.138. The van der Waals surface area contributed by atoms with E-state index in [1.54, 1.807) is 11.0 Å². The van der Waals surface area contributed by atoms with E-state index in [9.17, 15) is 30.6 Å². The van der Waals surface area contributed by atoms with E-state index in [-0.39, 0.29) is 6.01 Å². The summed E-state index contributed by atoms with van der Waals surface area (Å²) in [7, 11) is -3.71. The summed E-state index contributed by atoms with van der Waals surface area (Å²) >= 11 is 16.7. The van der Waals surface area contributed by atoms with Crippen LogP contribution in [0.25, 0.3) is 11.4 Å². The molecule has 0 amide bonds. The monoisotopic (exact) mass is 749 g/mol. The van der Waals surface area contributed by atoms with Gasteiger partial charge in [-0.25, -0.2) is 13.6 Å². The summed E-state index contributed by atoms with van der Waals surface area (Å²) in [6.45, 7) is 1.67. The number of para-hydroxylation sites is 1. The molecule has 2 aromatic heterocycles. The summed E-state index contributed by atoms with van der Waals surface area (Å²) in [6.07, 6.45) is -3.23. The molecule has 2 aromatic carbocycles. The Labute approximate surface area is 274 Å². The molecule has 46 heavy (non-hydrogen) atoms. The number of alkyl halides is 6. The Kier molecular flexibility index (Phi) is 12.2. The van der Waals surface area contributed by atoms with Crippen LogP contribution in [0.1, 0.15) is 25.1 Å². The molecule has 4 rings (SSSR count). The third-order valence-corrected chi connectivity index (χ3v) is 9.35. The Hall–Kier alpha value is -3.24. The number of nitrogen functional groups attached to an aromatic ring is 1. The van der Waals surface area contributed by atoms with E-state index in [0.717, 1.165) is 5.69 Å². The van der Waals surface area contributed by atoms with Crippen LogP contribution in [0.2, 0.25) is 10.0 Å². The first-order valence-corrected chi connectivity index (χ1v) is 16.8. The van der Waals surface area contributed by atoms with Crippen molar-refractivity contribution in [2.24, 2.45) is 0 Å². The highest BCUT2D eigenvalue weighted by molar-refractivity contribution is 8.07. The molecule has 0 fully saturated rings. The molecule has 248 valence electrons. The Bertz CT molecular complexity index is 1770. The fourth-order valence-corrected chi connectivity index (χ4v) is 6.74. The molecular formula is C24H20Cl2F6N7O4PS2. The molecule has 1 atom stereocenters. The zero-order valence-corrected chi connectivity index (χ0v) is 27.3. The third-order valence-electron chi connectivity index (χ3n) is 5.19. The van der Waals surface area contributed by atoms with E-state index in [0.29, 0.717) is 30.0 Å². The highest BCUT2D eigenvalue weighted by Crippen LogP contribution is 2.48. The molecule has 0 aliphatic carbocycles. The molecule has 0 bridgehead atoms. The number of nitriles is 1. The zero-order valence-electron chi connectivity index (χ0n) is 23.2. The number of anilines is 1. The molecule has 0 saturated carbocycles. The minimum absolute atomic E-state index is 0.152. The predicted octanol–water partition coefficient (Wildman–Crippen LogP) is 7.22. The number of halogens is 8. The van der Waals surface area contributed by atoms with Gasteiger partial charge in [-0.3, -0.25) is 9.05 Å². The first-order valence-electron chi connectivity index (χ1n) is 12.3. The standard InChI is InChI=1S/C12H4Cl2F6N4OS.C12H16N3O3PS/c13-5-1-4(11(15,16)17)2-6(14)8(5)24-10(22)9(7(3-21)23-24)26(25)12(18,19)20;1-3-16-19(20,17-4-2)18-12-13-10-15(14-12)11-8-6-5-7-9-11/h1-2H,22H2;5-10H,3-4H2,1-2H3. The molecule has 2 heterocycles.